The minimum atomic E-state index is -0.189. The maximum absolute atomic E-state index is 12.1. The molecule has 0 atom stereocenters. The fourth-order valence-electron chi connectivity index (χ4n) is 2.61. The number of ether oxygens (including phenoxy) is 2. The molecule has 6 nitrogen and oxygen atoms in total. The third-order valence-electron chi connectivity index (χ3n) is 4.01. The average molecular weight is 456 g/mol. The maximum atomic E-state index is 12.1. The van der Waals surface area contributed by atoms with E-state index in [4.69, 9.17) is 9.47 Å². The van der Waals surface area contributed by atoms with Crippen LogP contribution in [0.3, 0.4) is 0 Å². The monoisotopic (exact) mass is 455 g/mol. The van der Waals surface area contributed by atoms with Gasteiger partial charge in [-0.2, -0.15) is 5.10 Å². The summed E-state index contributed by atoms with van der Waals surface area (Å²) in [4.78, 5) is 16.7. The number of carbonyl (C=O) groups is 1. The molecule has 1 amide bonds. The Labute approximate surface area is 190 Å². The summed E-state index contributed by atoms with van der Waals surface area (Å²) in [5.41, 5.74) is 5.35. The molecular formula is C23H25N3O3S2. The van der Waals surface area contributed by atoms with Gasteiger partial charge in [0.05, 0.1) is 30.9 Å². The molecule has 2 aromatic carbocycles. The molecule has 8 heteroatoms. The molecule has 0 saturated heterocycles. The Kier molecular flexibility index (Phi) is 8.93. The summed E-state index contributed by atoms with van der Waals surface area (Å²) in [6.07, 6.45) is 2.51. The van der Waals surface area contributed by atoms with Crippen molar-refractivity contribution in [1.82, 2.24) is 10.4 Å². The van der Waals surface area contributed by atoms with Crippen molar-refractivity contribution in [2.75, 3.05) is 19.0 Å². The fraction of sp³-hybridized carbons (Fsp3) is 0.261. The topological polar surface area (TPSA) is 72.8 Å². The van der Waals surface area contributed by atoms with Crippen LogP contribution in [0.2, 0.25) is 0 Å². The quantitative estimate of drug-likeness (QED) is 0.243. The number of thioether (sulfide) groups is 1. The molecule has 0 aliphatic heterocycles. The third-order valence-corrected chi connectivity index (χ3v) is 6.03. The van der Waals surface area contributed by atoms with Crippen molar-refractivity contribution in [2.45, 2.75) is 24.6 Å². The van der Waals surface area contributed by atoms with Crippen LogP contribution < -0.4 is 14.9 Å². The van der Waals surface area contributed by atoms with Gasteiger partial charge in [-0.25, -0.2) is 10.4 Å². The lowest BCUT2D eigenvalue weighted by molar-refractivity contribution is -0.118. The highest BCUT2D eigenvalue weighted by molar-refractivity contribution is 8.01. The second-order valence-corrected chi connectivity index (χ2v) is 8.51. The molecule has 0 saturated carbocycles. The van der Waals surface area contributed by atoms with Gasteiger partial charge in [0, 0.05) is 10.9 Å². The van der Waals surface area contributed by atoms with E-state index in [0.717, 1.165) is 27.6 Å². The molecule has 1 N–H and O–H groups in total. The first-order valence-electron chi connectivity index (χ1n) is 10.0. The zero-order chi connectivity index (χ0) is 21.9. The third kappa shape index (κ3) is 7.11. The Morgan fingerprint density at radius 3 is 2.77 bits per heavy atom. The fourth-order valence-corrected chi connectivity index (χ4v) is 4.24. The normalized spacial score (nSPS) is 10.9. The molecule has 0 radical (unpaired) electrons. The number of aromatic nitrogens is 1. The number of rotatable bonds is 11. The van der Waals surface area contributed by atoms with E-state index >= 15 is 0 Å². The largest absolute Gasteiger partial charge is 0.490 e. The van der Waals surface area contributed by atoms with Crippen molar-refractivity contribution in [3.05, 3.63) is 59.5 Å². The number of carbonyl (C=O) groups excluding carboxylic acids is 1. The van der Waals surface area contributed by atoms with Crippen LogP contribution in [0.15, 0.2) is 63.4 Å². The van der Waals surface area contributed by atoms with E-state index in [1.807, 2.05) is 60.8 Å². The van der Waals surface area contributed by atoms with Gasteiger partial charge in [-0.1, -0.05) is 49.0 Å². The summed E-state index contributed by atoms with van der Waals surface area (Å²) in [7, 11) is 0. The number of hydrogen-bond donors (Lipinski definition) is 1. The lowest BCUT2D eigenvalue weighted by Gasteiger charge is -2.11. The summed E-state index contributed by atoms with van der Waals surface area (Å²) >= 11 is 2.92. The van der Waals surface area contributed by atoms with Crippen LogP contribution in [-0.2, 0) is 4.79 Å². The first kappa shape index (κ1) is 22.8. The standard InChI is InChI=1S/C23H25N3O3S2/c1-3-12-29-20-11-10-17(13-21(20)28-4-2)14-24-26-22(27)16-31-23-25-19(15-30-23)18-8-6-5-7-9-18/h5-11,13-15H,3-4,12,16H2,1-2H3,(H,26,27)/b24-14+. The molecule has 0 unspecified atom stereocenters. The lowest BCUT2D eigenvalue weighted by Crippen LogP contribution is -2.19. The van der Waals surface area contributed by atoms with E-state index in [1.54, 1.807) is 6.21 Å². The number of hydrogen-bond acceptors (Lipinski definition) is 7. The highest BCUT2D eigenvalue weighted by Gasteiger charge is 2.08. The van der Waals surface area contributed by atoms with Gasteiger partial charge in [0.15, 0.2) is 15.8 Å². The van der Waals surface area contributed by atoms with Crippen LogP contribution in [0.4, 0.5) is 0 Å². The van der Waals surface area contributed by atoms with Gasteiger partial charge in [0.2, 0.25) is 0 Å². The number of hydrazone groups is 1. The summed E-state index contributed by atoms with van der Waals surface area (Å²) < 4.78 is 12.2. The van der Waals surface area contributed by atoms with Crippen molar-refractivity contribution in [3.63, 3.8) is 0 Å². The van der Waals surface area contributed by atoms with E-state index in [1.165, 1.54) is 23.1 Å². The van der Waals surface area contributed by atoms with E-state index in [0.29, 0.717) is 24.7 Å². The van der Waals surface area contributed by atoms with Crippen molar-refractivity contribution < 1.29 is 14.3 Å². The number of benzene rings is 2. The Morgan fingerprint density at radius 1 is 1.16 bits per heavy atom. The van der Waals surface area contributed by atoms with Gasteiger partial charge in [-0.3, -0.25) is 4.79 Å². The minimum absolute atomic E-state index is 0.189. The Morgan fingerprint density at radius 2 is 2.00 bits per heavy atom. The van der Waals surface area contributed by atoms with Gasteiger partial charge >= 0.3 is 0 Å². The summed E-state index contributed by atoms with van der Waals surface area (Å²) in [5, 5.41) is 6.05. The van der Waals surface area contributed by atoms with Gasteiger partial charge in [0.25, 0.3) is 5.91 Å². The van der Waals surface area contributed by atoms with Gasteiger partial charge in [-0.05, 0) is 37.1 Å². The minimum Gasteiger partial charge on any atom is -0.490 e. The molecular weight excluding hydrogens is 430 g/mol. The number of nitrogens with one attached hydrogen (secondary N) is 1. The van der Waals surface area contributed by atoms with Gasteiger partial charge in [-0.15, -0.1) is 11.3 Å². The van der Waals surface area contributed by atoms with E-state index in [2.05, 4.69) is 22.4 Å². The second kappa shape index (κ2) is 12.1. The highest BCUT2D eigenvalue weighted by atomic mass is 32.2. The van der Waals surface area contributed by atoms with Crippen LogP contribution in [-0.4, -0.2) is 36.1 Å². The Balaban J connectivity index is 1.50. The molecule has 3 rings (SSSR count). The first-order valence-corrected chi connectivity index (χ1v) is 11.9. The zero-order valence-corrected chi connectivity index (χ0v) is 19.2. The molecule has 0 fully saturated rings. The van der Waals surface area contributed by atoms with Crippen molar-refractivity contribution in [1.29, 1.82) is 0 Å². The van der Waals surface area contributed by atoms with Crippen LogP contribution in [0.25, 0.3) is 11.3 Å². The van der Waals surface area contributed by atoms with Gasteiger partial charge < -0.3 is 9.47 Å². The molecule has 0 bridgehead atoms. The van der Waals surface area contributed by atoms with Crippen LogP contribution in [0.5, 0.6) is 11.5 Å². The Bertz CT molecular complexity index is 1010. The molecule has 3 aromatic rings. The van der Waals surface area contributed by atoms with Crippen LogP contribution in [0, 0.1) is 0 Å². The molecule has 1 heterocycles. The highest BCUT2D eigenvalue weighted by Crippen LogP contribution is 2.29. The number of thiazole rings is 1. The molecule has 162 valence electrons. The van der Waals surface area contributed by atoms with Crippen LogP contribution >= 0.6 is 23.1 Å². The lowest BCUT2D eigenvalue weighted by atomic mass is 10.2. The molecule has 0 aliphatic carbocycles. The molecule has 1 aromatic heterocycles. The van der Waals surface area contributed by atoms with Crippen LogP contribution in [0.1, 0.15) is 25.8 Å². The zero-order valence-electron chi connectivity index (χ0n) is 17.5. The molecule has 0 aliphatic rings. The number of amides is 1. The van der Waals surface area contributed by atoms with Crippen molar-refractivity contribution in [2.24, 2.45) is 5.10 Å². The summed E-state index contributed by atoms with van der Waals surface area (Å²) in [5.74, 6) is 1.43. The van der Waals surface area contributed by atoms with E-state index in [9.17, 15) is 4.79 Å². The SMILES string of the molecule is CCCOc1ccc(/C=N/NC(=O)CSc2nc(-c3ccccc3)cs2)cc1OCC. The maximum Gasteiger partial charge on any atom is 0.250 e. The van der Waals surface area contributed by atoms with Gasteiger partial charge in [0.1, 0.15) is 0 Å². The predicted octanol–water partition coefficient (Wildman–Crippen LogP) is 5.24. The average Bonchev–Trinajstić information content (AvgIpc) is 3.27. The number of nitrogens with zero attached hydrogens (tertiary/aromatic N) is 2. The summed E-state index contributed by atoms with van der Waals surface area (Å²) in [6, 6.07) is 15.5. The second-order valence-electron chi connectivity index (χ2n) is 6.43. The molecule has 31 heavy (non-hydrogen) atoms. The van der Waals surface area contributed by atoms with Crippen molar-refractivity contribution >= 4 is 35.2 Å². The van der Waals surface area contributed by atoms with E-state index in [-0.39, 0.29) is 11.7 Å². The van der Waals surface area contributed by atoms with E-state index < -0.39 is 0 Å². The Hall–Kier alpha value is -2.84. The summed E-state index contributed by atoms with van der Waals surface area (Å²) in [6.45, 7) is 5.15. The van der Waals surface area contributed by atoms with Crippen molar-refractivity contribution in [3.8, 4) is 22.8 Å². The molecule has 0 spiro atoms. The smallest absolute Gasteiger partial charge is 0.250 e. The first-order chi connectivity index (χ1) is 15.2. The predicted molar refractivity (Wildman–Crippen MR) is 127 cm³/mol.